The highest BCUT2D eigenvalue weighted by molar-refractivity contribution is 6.32. The molecule has 2 aromatic rings. The van der Waals surface area contributed by atoms with E-state index in [0.717, 1.165) is 4.57 Å². The molecule has 7 heteroatoms. The SMILES string of the molecule is O=c1[nH]c(=O)n(-c2ccccc2Cl)c(O)c1C=C1C=CC=N1. The number of H-pyrrole nitrogens is 1. The molecule has 2 heterocycles. The Hall–Kier alpha value is -2.86. The molecule has 0 fully saturated rings. The van der Waals surface area contributed by atoms with Crippen LogP contribution in [0.1, 0.15) is 5.56 Å². The summed E-state index contributed by atoms with van der Waals surface area (Å²) in [5, 5.41) is 10.6. The first-order valence-corrected chi connectivity index (χ1v) is 6.71. The Morgan fingerprint density at radius 3 is 2.73 bits per heavy atom. The molecular weight excluding hydrogens is 306 g/mol. The van der Waals surface area contributed by atoms with Gasteiger partial charge in [-0.15, -0.1) is 0 Å². The molecule has 0 amide bonds. The van der Waals surface area contributed by atoms with Crippen LogP contribution in [0.25, 0.3) is 11.8 Å². The van der Waals surface area contributed by atoms with E-state index in [1.54, 1.807) is 42.6 Å². The zero-order chi connectivity index (χ0) is 15.7. The van der Waals surface area contributed by atoms with Crippen LogP contribution < -0.4 is 11.2 Å². The van der Waals surface area contributed by atoms with Gasteiger partial charge in [-0.05, 0) is 30.4 Å². The molecule has 0 atom stereocenters. The monoisotopic (exact) mass is 315 g/mol. The molecule has 1 aromatic heterocycles. The van der Waals surface area contributed by atoms with E-state index in [4.69, 9.17) is 11.6 Å². The van der Waals surface area contributed by atoms with Crippen molar-refractivity contribution in [3.05, 3.63) is 73.5 Å². The first-order chi connectivity index (χ1) is 10.6. The predicted molar refractivity (Wildman–Crippen MR) is 84.9 cm³/mol. The maximum Gasteiger partial charge on any atom is 0.335 e. The average Bonchev–Trinajstić information content (AvgIpc) is 2.98. The summed E-state index contributed by atoms with van der Waals surface area (Å²) >= 11 is 6.05. The molecule has 0 unspecified atom stereocenters. The minimum Gasteiger partial charge on any atom is -0.494 e. The lowest BCUT2D eigenvalue weighted by Gasteiger charge is -2.11. The lowest BCUT2D eigenvalue weighted by atomic mass is 10.2. The van der Waals surface area contributed by atoms with Gasteiger partial charge in [-0.3, -0.25) is 14.8 Å². The summed E-state index contributed by atoms with van der Waals surface area (Å²) in [5.74, 6) is -0.496. The zero-order valence-electron chi connectivity index (χ0n) is 11.2. The number of hydrogen-bond donors (Lipinski definition) is 2. The summed E-state index contributed by atoms with van der Waals surface area (Å²) in [6.07, 6.45) is 6.31. The number of halogens is 1. The summed E-state index contributed by atoms with van der Waals surface area (Å²) in [5.41, 5.74) is -0.784. The van der Waals surface area contributed by atoms with Crippen molar-refractivity contribution in [2.24, 2.45) is 4.99 Å². The minimum atomic E-state index is -0.775. The van der Waals surface area contributed by atoms with Crippen molar-refractivity contribution >= 4 is 23.9 Å². The third-order valence-electron chi connectivity index (χ3n) is 3.08. The van der Waals surface area contributed by atoms with Crippen molar-refractivity contribution in [1.82, 2.24) is 9.55 Å². The third kappa shape index (κ3) is 2.40. The Morgan fingerprint density at radius 1 is 1.27 bits per heavy atom. The quantitative estimate of drug-likeness (QED) is 0.886. The van der Waals surface area contributed by atoms with Crippen molar-refractivity contribution in [2.75, 3.05) is 0 Å². The number of aromatic nitrogens is 2. The minimum absolute atomic E-state index is 0.0711. The lowest BCUT2D eigenvalue weighted by molar-refractivity contribution is 0.429. The van der Waals surface area contributed by atoms with Crippen LogP contribution in [0.5, 0.6) is 5.88 Å². The first-order valence-electron chi connectivity index (χ1n) is 6.33. The number of hydrogen-bond acceptors (Lipinski definition) is 4. The summed E-state index contributed by atoms with van der Waals surface area (Å²) in [4.78, 5) is 30.1. The fraction of sp³-hybridized carbons (Fsp3) is 0. The first kappa shape index (κ1) is 14.1. The van der Waals surface area contributed by atoms with Crippen LogP contribution in [0.4, 0.5) is 0 Å². The van der Waals surface area contributed by atoms with Gasteiger partial charge in [-0.2, -0.15) is 0 Å². The Labute approximate surface area is 129 Å². The number of rotatable bonds is 2. The maximum absolute atomic E-state index is 12.0. The van der Waals surface area contributed by atoms with Crippen molar-refractivity contribution in [3.8, 4) is 11.6 Å². The van der Waals surface area contributed by atoms with E-state index < -0.39 is 17.1 Å². The molecule has 22 heavy (non-hydrogen) atoms. The van der Waals surface area contributed by atoms with E-state index in [9.17, 15) is 14.7 Å². The normalized spacial score (nSPS) is 14.9. The number of benzene rings is 1. The molecular formula is C15H10ClN3O3. The molecule has 1 aliphatic rings. The van der Waals surface area contributed by atoms with Gasteiger partial charge in [0.05, 0.1) is 16.4 Å². The second kappa shape index (κ2) is 5.50. The van der Waals surface area contributed by atoms with Crippen molar-refractivity contribution in [2.45, 2.75) is 0 Å². The number of aromatic amines is 1. The standard InChI is InChI=1S/C15H10ClN3O3/c16-11-5-1-2-6-12(11)19-14(21)10(13(20)18-15(19)22)8-9-4-3-7-17-9/h1-8,21H,(H,18,20,22). The molecule has 6 nitrogen and oxygen atoms in total. The summed E-state index contributed by atoms with van der Waals surface area (Å²) < 4.78 is 0.943. The number of aromatic hydroxyl groups is 1. The zero-order valence-corrected chi connectivity index (χ0v) is 11.9. The highest BCUT2D eigenvalue weighted by Crippen LogP contribution is 2.24. The van der Waals surface area contributed by atoms with E-state index in [-0.39, 0.29) is 16.3 Å². The van der Waals surface area contributed by atoms with Gasteiger partial charge in [-0.1, -0.05) is 23.7 Å². The van der Waals surface area contributed by atoms with Gasteiger partial charge in [0.25, 0.3) is 5.56 Å². The maximum atomic E-state index is 12.0. The van der Waals surface area contributed by atoms with Crippen molar-refractivity contribution < 1.29 is 5.11 Å². The summed E-state index contributed by atoms with van der Waals surface area (Å²) in [6, 6.07) is 6.50. The van der Waals surface area contributed by atoms with E-state index in [1.807, 2.05) is 0 Å². The molecule has 1 aliphatic heterocycles. The second-order valence-corrected chi connectivity index (χ2v) is 4.90. The molecule has 110 valence electrons. The molecule has 0 radical (unpaired) electrons. The molecule has 0 aliphatic carbocycles. The van der Waals surface area contributed by atoms with Gasteiger partial charge in [0.2, 0.25) is 5.88 Å². The van der Waals surface area contributed by atoms with Gasteiger partial charge in [0.1, 0.15) is 5.56 Å². The highest BCUT2D eigenvalue weighted by atomic mass is 35.5. The summed E-state index contributed by atoms with van der Waals surface area (Å²) in [6.45, 7) is 0. The molecule has 0 saturated heterocycles. The largest absolute Gasteiger partial charge is 0.494 e. The number of para-hydroxylation sites is 1. The molecule has 2 N–H and O–H groups in total. The smallest absolute Gasteiger partial charge is 0.335 e. The van der Waals surface area contributed by atoms with Crippen molar-refractivity contribution in [1.29, 1.82) is 0 Å². The summed E-state index contributed by atoms with van der Waals surface area (Å²) in [7, 11) is 0. The average molecular weight is 316 g/mol. The topological polar surface area (TPSA) is 87.5 Å². The van der Waals surface area contributed by atoms with Crippen LogP contribution in [-0.2, 0) is 0 Å². The Kier molecular flexibility index (Phi) is 3.52. The van der Waals surface area contributed by atoms with Crippen LogP contribution in [0.3, 0.4) is 0 Å². The fourth-order valence-electron chi connectivity index (χ4n) is 2.07. The number of nitrogens with one attached hydrogen (secondary N) is 1. The molecule has 0 bridgehead atoms. The molecule has 3 rings (SSSR count). The van der Waals surface area contributed by atoms with E-state index in [2.05, 4.69) is 9.98 Å². The van der Waals surface area contributed by atoms with Crippen molar-refractivity contribution in [3.63, 3.8) is 0 Å². The highest BCUT2D eigenvalue weighted by Gasteiger charge is 2.16. The Morgan fingerprint density at radius 2 is 2.05 bits per heavy atom. The van der Waals surface area contributed by atoms with Gasteiger partial charge < -0.3 is 5.11 Å². The molecule has 0 saturated carbocycles. The van der Waals surface area contributed by atoms with Crippen LogP contribution in [0.2, 0.25) is 5.02 Å². The van der Waals surface area contributed by atoms with Gasteiger partial charge in [0.15, 0.2) is 0 Å². The third-order valence-corrected chi connectivity index (χ3v) is 3.40. The molecule has 1 aromatic carbocycles. The van der Waals surface area contributed by atoms with E-state index >= 15 is 0 Å². The van der Waals surface area contributed by atoms with Crippen LogP contribution in [-0.4, -0.2) is 20.9 Å². The number of nitrogens with zero attached hydrogens (tertiary/aromatic N) is 2. The number of allylic oxidation sites excluding steroid dienone is 2. The Bertz CT molecular complexity index is 937. The Balaban J connectivity index is 2.29. The van der Waals surface area contributed by atoms with Crippen LogP contribution in [0.15, 0.2) is 56.7 Å². The van der Waals surface area contributed by atoms with Crippen LogP contribution >= 0.6 is 11.6 Å². The number of aliphatic imine (C=N–C) groups is 1. The van der Waals surface area contributed by atoms with E-state index in [0.29, 0.717) is 5.70 Å². The predicted octanol–water partition coefficient (Wildman–Crippen LogP) is 1.87. The van der Waals surface area contributed by atoms with Crippen LogP contribution in [0, 0.1) is 0 Å². The van der Waals surface area contributed by atoms with Gasteiger partial charge >= 0.3 is 5.69 Å². The van der Waals surface area contributed by atoms with Gasteiger partial charge in [0, 0.05) is 6.21 Å². The fourth-order valence-corrected chi connectivity index (χ4v) is 2.29. The van der Waals surface area contributed by atoms with E-state index in [1.165, 1.54) is 6.08 Å². The van der Waals surface area contributed by atoms with Gasteiger partial charge in [-0.25, -0.2) is 9.36 Å². The second-order valence-electron chi connectivity index (χ2n) is 4.49. The molecule has 0 spiro atoms. The lowest BCUT2D eigenvalue weighted by Crippen LogP contribution is -2.30.